The predicted octanol–water partition coefficient (Wildman–Crippen LogP) is 2.57. The fourth-order valence-electron chi connectivity index (χ4n) is 0.966. The summed E-state index contributed by atoms with van der Waals surface area (Å²) in [7, 11) is 3.23. The first kappa shape index (κ1) is 15.4. The predicted molar refractivity (Wildman–Crippen MR) is 69.1 cm³/mol. The molecule has 1 N–H and O–H groups in total. The minimum absolute atomic E-state index is 0.296. The maximum Gasteiger partial charge on any atom is 0.323 e. The van der Waals surface area contributed by atoms with E-state index in [0.29, 0.717) is 11.7 Å². The second-order valence-corrected chi connectivity index (χ2v) is 5.86. The summed E-state index contributed by atoms with van der Waals surface area (Å²) in [6, 6.07) is 0. The van der Waals surface area contributed by atoms with Gasteiger partial charge in [-0.05, 0) is 11.8 Å². The third kappa shape index (κ3) is 8.67. The molecule has 0 aliphatic rings. The van der Waals surface area contributed by atoms with Crippen molar-refractivity contribution in [1.82, 2.24) is 4.90 Å². The Morgan fingerprint density at radius 1 is 1.56 bits per heavy atom. The van der Waals surface area contributed by atoms with E-state index >= 15 is 0 Å². The molecule has 0 rings (SSSR count). The van der Waals surface area contributed by atoms with Gasteiger partial charge in [-0.25, -0.2) is 0 Å². The number of hydrogen-bond acceptors (Lipinski definition) is 4. The molecule has 1 amide bonds. The molecule has 0 bridgehead atoms. The molecule has 0 aromatic heterocycles. The number of hydrogen-bond donors (Lipinski definition) is 1. The number of aliphatic carboxylic acids is 1. The third-order valence-electron chi connectivity index (χ3n) is 1.68. The van der Waals surface area contributed by atoms with Crippen LogP contribution in [0.2, 0.25) is 0 Å². The topological polar surface area (TPSA) is 57.6 Å². The van der Waals surface area contributed by atoms with Crippen LogP contribution >= 0.6 is 21.6 Å². The second-order valence-electron chi connectivity index (χ2n) is 3.25. The molecule has 0 fully saturated rings. The third-order valence-corrected chi connectivity index (χ3v) is 4.24. The minimum atomic E-state index is -1.02. The number of rotatable bonds is 9. The Morgan fingerprint density at radius 2 is 2.25 bits per heavy atom. The summed E-state index contributed by atoms with van der Waals surface area (Å²) >= 11 is 0. The monoisotopic (exact) mass is 263 g/mol. The van der Waals surface area contributed by atoms with Crippen molar-refractivity contribution in [2.45, 2.75) is 31.9 Å². The number of nitrogens with zero attached hydrogens (tertiary/aromatic N) is 1. The molecule has 0 aliphatic heterocycles. The van der Waals surface area contributed by atoms with Crippen molar-refractivity contribution in [3.05, 3.63) is 11.6 Å². The van der Waals surface area contributed by atoms with E-state index in [1.165, 1.54) is 17.0 Å². The van der Waals surface area contributed by atoms with Crippen LogP contribution in [0.1, 0.15) is 26.7 Å². The van der Waals surface area contributed by atoms with E-state index in [9.17, 15) is 9.59 Å². The van der Waals surface area contributed by atoms with Gasteiger partial charge in [0.25, 0.3) is 0 Å². The van der Waals surface area contributed by atoms with E-state index in [4.69, 9.17) is 5.11 Å². The number of carboxylic acid groups (broad SMARTS) is 1. The second kappa shape index (κ2) is 9.59. The molecule has 0 spiro atoms. The first-order valence-electron chi connectivity index (χ1n) is 5.01. The highest BCUT2D eigenvalue weighted by Gasteiger charge is 2.03. The molecule has 4 nitrogen and oxygen atoms in total. The Balaban J connectivity index is 3.79. The first-order chi connectivity index (χ1) is 7.60. The van der Waals surface area contributed by atoms with Crippen LogP contribution in [0.4, 0.5) is 0 Å². The highest BCUT2D eigenvalue weighted by Crippen LogP contribution is 2.29. The quantitative estimate of drug-likeness (QED) is 0.512. The summed E-state index contributed by atoms with van der Waals surface area (Å²) in [5.41, 5.74) is 0. The molecule has 1 unspecified atom stereocenters. The van der Waals surface area contributed by atoms with Crippen LogP contribution < -0.4 is 0 Å². The summed E-state index contributed by atoms with van der Waals surface area (Å²) < 4.78 is 0. The van der Waals surface area contributed by atoms with Gasteiger partial charge in [0.1, 0.15) is 6.54 Å². The van der Waals surface area contributed by atoms with Gasteiger partial charge in [0.05, 0.1) is 0 Å². The zero-order valence-electron chi connectivity index (χ0n) is 9.46. The van der Waals surface area contributed by atoms with Gasteiger partial charge in [-0.2, -0.15) is 0 Å². The van der Waals surface area contributed by atoms with Gasteiger partial charge in [0, 0.05) is 11.4 Å². The molecule has 0 aromatic rings. The van der Waals surface area contributed by atoms with Gasteiger partial charge in [0.2, 0.25) is 6.41 Å². The lowest BCUT2D eigenvalue weighted by atomic mass is 10.3. The fourth-order valence-corrected chi connectivity index (χ4v) is 2.96. The van der Waals surface area contributed by atoms with E-state index in [1.807, 2.05) is 0 Å². The summed E-state index contributed by atoms with van der Waals surface area (Å²) in [5, 5.41) is 10.8. The van der Waals surface area contributed by atoms with Gasteiger partial charge in [-0.3, -0.25) is 9.59 Å². The van der Waals surface area contributed by atoms with Crippen LogP contribution in [0.15, 0.2) is 11.6 Å². The average Bonchev–Trinajstić information content (AvgIpc) is 2.22. The molecule has 6 heteroatoms. The first-order valence-corrected chi connectivity index (χ1v) is 7.29. The van der Waals surface area contributed by atoms with Gasteiger partial charge in [0.15, 0.2) is 0 Å². The number of carboxylic acids is 1. The molecule has 0 saturated heterocycles. The summed E-state index contributed by atoms with van der Waals surface area (Å²) in [6.07, 6.45) is 4.29. The molecule has 0 aliphatic carbocycles. The zero-order chi connectivity index (χ0) is 12.4. The molecule has 0 aromatic carbocycles. The van der Waals surface area contributed by atoms with E-state index in [-0.39, 0.29) is 6.54 Å². The largest absolute Gasteiger partial charge is 0.480 e. The van der Waals surface area contributed by atoms with Crippen molar-refractivity contribution in [2.75, 3.05) is 6.54 Å². The standard InChI is InChI=1S/C10H17NO3S2/c1-3-4-9(2)16-15-6-5-11(8-12)7-10(13)14/h5-6,8-9H,3-4,7H2,1-2H3,(H,13,14). The molecular formula is C10H17NO3S2. The highest BCUT2D eigenvalue weighted by molar-refractivity contribution is 8.78. The van der Waals surface area contributed by atoms with Crippen molar-refractivity contribution in [2.24, 2.45) is 0 Å². The Bertz CT molecular complexity index is 246. The SMILES string of the molecule is CCCC(C)SSC=CN(C=O)CC(=O)O. The summed E-state index contributed by atoms with van der Waals surface area (Å²) in [5.74, 6) is -1.02. The van der Waals surface area contributed by atoms with Crippen LogP contribution in [0.5, 0.6) is 0 Å². The van der Waals surface area contributed by atoms with Crippen molar-refractivity contribution in [3.63, 3.8) is 0 Å². The zero-order valence-corrected chi connectivity index (χ0v) is 11.1. The van der Waals surface area contributed by atoms with Gasteiger partial charge in [-0.1, -0.05) is 41.9 Å². The lowest BCUT2D eigenvalue weighted by Crippen LogP contribution is -2.22. The van der Waals surface area contributed by atoms with Gasteiger partial charge in [-0.15, -0.1) is 0 Å². The Labute approximate surface area is 104 Å². The van der Waals surface area contributed by atoms with Crippen molar-refractivity contribution in [3.8, 4) is 0 Å². The molecule has 1 atom stereocenters. The fraction of sp³-hybridized carbons (Fsp3) is 0.600. The van der Waals surface area contributed by atoms with Gasteiger partial charge >= 0.3 is 5.97 Å². The van der Waals surface area contributed by atoms with Crippen molar-refractivity contribution >= 4 is 34.0 Å². The van der Waals surface area contributed by atoms with Crippen molar-refractivity contribution in [1.29, 1.82) is 0 Å². The van der Waals surface area contributed by atoms with E-state index in [2.05, 4.69) is 13.8 Å². The van der Waals surface area contributed by atoms with E-state index in [0.717, 1.165) is 17.7 Å². The maximum atomic E-state index is 10.5. The smallest absolute Gasteiger partial charge is 0.323 e. The molecule has 0 radical (unpaired) electrons. The Hall–Kier alpha value is -0.620. The molecule has 0 heterocycles. The van der Waals surface area contributed by atoms with Crippen LogP contribution in [-0.4, -0.2) is 34.2 Å². The van der Waals surface area contributed by atoms with E-state index < -0.39 is 5.97 Å². The van der Waals surface area contributed by atoms with Crippen LogP contribution in [0.3, 0.4) is 0 Å². The molecule has 0 saturated carbocycles. The Kier molecular flexibility index (Phi) is 9.22. The number of carbonyl (C=O) groups is 2. The minimum Gasteiger partial charge on any atom is -0.480 e. The van der Waals surface area contributed by atoms with Crippen LogP contribution in [-0.2, 0) is 9.59 Å². The van der Waals surface area contributed by atoms with Crippen LogP contribution in [0, 0.1) is 0 Å². The number of carbonyl (C=O) groups excluding carboxylic acids is 1. The summed E-state index contributed by atoms with van der Waals surface area (Å²) in [6.45, 7) is 3.98. The number of amides is 1. The van der Waals surface area contributed by atoms with Crippen molar-refractivity contribution < 1.29 is 14.7 Å². The Morgan fingerprint density at radius 3 is 2.75 bits per heavy atom. The maximum absolute atomic E-state index is 10.5. The van der Waals surface area contributed by atoms with Crippen LogP contribution in [0.25, 0.3) is 0 Å². The lowest BCUT2D eigenvalue weighted by molar-refractivity contribution is -0.139. The van der Waals surface area contributed by atoms with E-state index in [1.54, 1.807) is 16.2 Å². The van der Waals surface area contributed by atoms with Gasteiger partial charge < -0.3 is 10.0 Å². The molecule has 92 valence electrons. The molecular weight excluding hydrogens is 246 g/mol. The highest BCUT2D eigenvalue weighted by atomic mass is 33.1. The lowest BCUT2D eigenvalue weighted by Gasteiger charge is -2.08. The summed E-state index contributed by atoms with van der Waals surface area (Å²) in [4.78, 5) is 21.9. The average molecular weight is 263 g/mol. The normalized spacial score (nSPS) is 12.6. The molecule has 16 heavy (non-hydrogen) atoms.